The quantitative estimate of drug-likeness (QED) is 0.878. The molecule has 0 aliphatic heterocycles. The van der Waals surface area contributed by atoms with Crippen molar-refractivity contribution in [3.63, 3.8) is 0 Å². The van der Waals surface area contributed by atoms with Gasteiger partial charge in [0.2, 0.25) is 0 Å². The van der Waals surface area contributed by atoms with Crippen LogP contribution in [0.5, 0.6) is 0 Å². The summed E-state index contributed by atoms with van der Waals surface area (Å²) in [7, 11) is 0. The van der Waals surface area contributed by atoms with E-state index in [1.54, 1.807) is 12.3 Å². The van der Waals surface area contributed by atoms with Crippen molar-refractivity contribution in [1.82, 2.24) is 9.88 Å². The van der Waals surface area contributed by atoms with Gasteiger partial charge in [-0.2, -0.15) is 0 Å². The van der Waals surface area contributed by atoms with Crippen molar-refractivity contribution in [1.29, 1.82) is 0 Å². The van der Waals surface area contributed by atoms with Gasteiger partial charge in [0.15, 0.2) is 0 Å². The fourth-order valence-electron chi connectivity index (χ4n) is 2.83. The highest BCUT2D eigenvalue weighted by atomic mass is 35.5. The molecule has 0 aromatic carbocycles. The van der Waals surface area contributed by atoms with E-state index in [1.807, 2.05) is 4.57 Å². The highest BCUT2D eigenvalue weighted by Gasteiger charge is 2.24. The van der Waals surface area contributed by atoms with Gasteiger partial charge in [0.05, 0.1) is 11.1 Å². The Labute approximate surface area is 125 Å². The average Bonchev–Trinajstić information content (AvgIpc) is 2.79. The van der Waals surface area contributed by atoms with Gasteiger partial charge < -0.3 is 15.0 Å². The smallest absolute Gasteiger partial charge is 0.267 e. The number of halogens is 1. The van der Waals surface area contributed by atoms with Crippen molar-refractivity contribution < 1.29 is 9.90 Å². The summed E-state index contributed by atoms with van der Waals surface area (Å²) in [4.78, 5) is 12.2. The Hall–Kier alpha value is -1.00. The maximum absolute atomic E-state index is 12.2. The van der Waals surface area contributed by atoms with Crippen LogP contribution in [0.15, 0.2) is 12.3 Å². The number of aliphatic hydroxyl groups is 1. The monoisotopic (exact) mass is 298 g/mol. The molecule has 1 aliphatic carbocycles. The first-order chi connectivity index (χ1) is 9.61. The summed E-state index contributed by atoms with van der Waals surface area (Å²) < 4.78 is 1.88. The number of rotatable bonds is 5. The second-order valence-corrected chi connectivity index (χ2v) is 6.00. The van der Waals surface area contributed by atoms with Crippen molar-refractivity contribution in [3.8, 4) is 0 Å². The van der Waals surface area contributed by atoms with Crippen LogP contribution in [0.1, 0.15) is 49.5 Å². The molecule has 2 atom stereocenters. The molecule has 1 saturated carbocycles. The highest BCUT2D eigenvalue weighted by Crippen LogP contribution is 2.23. The summed E-state index contributed by atoms with van der Waals surface area (Å²) in [6.45, 7) is 3.38. The first kappa shape index (κ1) is 15.4. The number of aryl methyl sites for hydroxylation is 1. The molecule has 1 amide bonds. The van der Waals surface area contributed by atoms with Crippen molar-refractivity contribution in [2.45, 2.75) is 51.7 Å². The molecule has 0 saturated heterocycles. The van der Waals surface area contributed by atoms with E-state index in [2.05, 4.69) is 12.2 Å². The van der Waals surface area contributed by atoms with Crippen molar-refractivity contribution >= 4 is 17.5 Å². The lowest BCUT2D eigenvalue weighted by atomic mass is 9.86. The molecule has 1 aromatic heterocycles. The minimum Gasteiger partial charge on any atom is -0.393 e. The second-order valence-electron chi connectivity index (χ2n) is 5.56. The number of amides is 1. The molecular weight excluding hydrogens is 276 g/mol. The number of nitrogens with one attached hydrogen (secondary N) is 1. The van der Waals surface area contributed by atoms with Gasteiger partial charge in [0.1, 0.15) is 5.69 Å². The Balaban J connectivity index is 1.94. The van der Waals surface area contributed by atoms with E-state index in [-0.39, 0.29) is 17.9 Å². The molecule has 5 heteroatoms. The Morgan fingerprint density at radius 3 is 2.95 bits per heavy atom. The maximum atomic E-state index is 12.2. The summed E-state index contributed by atoms with van der Waals surface area (Å²) in [5, 5.41) is 13.4. The van der Waals surface area contributed by atoms with Crippen LogP contribution in [0.3, 0.4) is 0 Å². The van der Waals surface area contributed by atoms with Gasteiger partial charge in [-0.25, -0.2) is 0 Å². The van der Waals surface area contributed by atoms with Crippen LogP contribution in [0.4, 0.5) is 0 Å². The lowest BCUT2D eigenvalue weighted by molar-refractivity contribution is 0.0660. The Morgan fingerprint density at radius 2 is 2.25 bits per heavy atom. The third kappa shape index (κ3) is 3.76. The SMILES string of the molecule is CCCn1cc(Cl)cc1C(=O)NCC1CCCCC1O. The maximum Gasteiger partial charge on any atom is 0.267 e. The van der Waals surface area contributed by atoms with Gasteiger partial charge in [-0.3, -0.25) is 4.79 Å². The lowest BCUT2D eigenvalue weighted by Crippen LogP contribution is -2.37. The van der Waals surface area contributed by atoms with Crippen molar-refractivity contribution in [3.05, 3.63) is 23.0 Å². The van der Waals surface area contributed by atoms with Crippen molar-refractivity contribution in [2.75, 3.05) is 6.54 Å². The fraction of sp³-hybridized carbons (Fsp3) is 0.667. The van der Waals surface area contributed by atoms with Crippen LogP contribution in [-0.4, -0.2) is 28.2 Å². The molecule has 2 unspecified atom stereocenters. The summed E-state index contributed by atoms with van der Waals surface area (Å²) in [6.07, 6.45) is 6.50. The van der Waals surface area contributed by atoms with Gasteiger partial charge in [-0.05, 0) is 25.3 Å². The zero-order chi connectivity index (χ0) is 14.5. The Bertz CT molecular complexity index is 459. The standard InChI is InChI=1S/C15H23ClN2O2/c1-2-7-18-10-12(16)8-13(18)15(20)17-9-11-5-3-4-6-14(11)19/h8,10-11,14,19H,2-7,9H2,1H3,(H,17,20). The van der Waals surface area contributed by atoms with Gasteiger partial charge in [-0.1, -0.05) is 31.4 Å². The van der Waals surface area contributed by atoms with Crippen LogP contribution in [-0.2, 0) is 6.54 Å². The molecule has 0 bridgehead atoms. The number of aromatic nitrogens is 1. The number of carbonyl (C=O) groups is 1. The van der Waals surface area contributed by atoms with Crippen LogP contribution in [0, 0.1) is 5.92 Å². The first-order valence-electron chi connectivity index (χ1n) is 7.43. The predicted octanol–water partition coefficient (Wildman–Crippen LogP) is 2.83. The number of carbonyl (C=O) groups excluding carboxylic acids is 1. The van der Waals surface area contributed by atoms with Crippen LogP contribution < -0.4 is 5.32 Å². The summed E-state index contributed by atoms with van der Waals surface area (Å²) >= 11 is 5.98. The zero-order valence-corrected chi connectivity index (χ0v) is 12.7. The molecule has 0 spiro atoms. The molecule has 2 N–H and O–H groups in total. The first-order valence-corrected chi connectivity index (χ1v) is 7.81. The molecule has 1 aromatic rings. The number of aliphatic hydroxyl groups excluding tert-OH is 1. The Morgan fingerprint density at radius 1 is 1.50 bits per heavy atom. The van der Waals surface area contributed by atoms with E-state index in [0.29, 0.717) is 17.3 Å². The van der Waals surface area contributed by atoms with Crippen LogP contribution >= 0.6 is 11.6 Å². The molecule has 1 heterocycles. The molecule has 1 aliphatic rings. The van der Waals surface area contributed by atoms with Gasteiger partial charge in [-0.15, -0.1) is 0 Å². The minimum absolute atomic E-state index is 0.108. The molecular formula is C15H23ClN2O2. The Kier molecular flexibility index (Phi) is 5.49. The summed E-state index contributed by atoms with van der Waals surface area (Å²) in [6, 6.07) is 1.70. The van der Waals surface area contributed by atoms with Crippen LogP contribution in [0.25, 0.3) is 0 Å². The van der Waals surface area contributed by atoms with E-state index >= 15 is 0 Å². The number of hydrogen-bond donors (Lipinski definition) is 2. The minimum atomic E-state index is -0.282. The normalized spacial score (nSPS) is 22.8. The third-order valence-electron chi connectivity index (χ3n) is 3.95. The van der Waals surface area contributed by atoms with E-state index < -0.39 is 0 Å². The third-order valence-corrected chi connectivity index (χ3v) is 4.16. The van der Waals surface area contributed by atoms with E-state index in [0.717, 1.165) is 38.6 Å². The van der Waals surface area contributed by atoms with Gasteiger partial charge in [0.25, 0.3) is 5.91 Å². The molecule has 4 nitrogen and oxygen atoms in total. The molecule has 2 rings (SSSR count). The summed E-state index contributed by atoms with van der Waals surface area (Å²) in [5.74, 6) is 0.0703. The van der Waals surface area contributed by atoms with Crippen molar-refractivity contribution in [2.24, 2.45) is 5.92 Å². The van der Waals surface area contributed by atoms with E-state index in [4.69, 9.17) is 11.6 Å². The predicted molar refractivity (Wildman–Crippen MR) is 80.0 cm³/mol. The zero-order valence-electron chi connectivity index (χ0n) is 11.9. The van der Waals surface area contributed by atoms with E-state index in [9.17, 15) is 9.90 Å². The second kappa shape index (κ2) is 7.14. The average molecular weight is 299 g/mol. The number of hydrogen-bond acceptors (Lipinski definition) is 2. The highest BCUT2D eigenvalue weighted by molar-refractivity contribution is 6.31. The molecule has 0 radical (unpaired) electrons. The molecule has 1 fully saturated rings. The summed E-state index contributed by atoms with van der Waals surface area (Å²) in [5.41, 5.74) is 0.599. The van der Waals surface area contributed by atoms with E-state index in [1.165, 1.54) is 0 Å². The lowest BCUT2D eigenvalue weighted by Gasteiger charge is -2.27. The largest absolute Gasteiger partial charge is 0.393 e. The molecule has 20 heavy (non-hydrogen) atoms. The molecule has 112 valence electrons. The topological polar surface area (TPSA) is 54.3 Å². The van der Waals surface area contributed by atoms with Gasteiger partial charge in [0, 0.05) is 25.2 Å². The number of nitrogens with zero attached hydrogens (tertiary/aromatic N) is 1. The van der Waals surface area contributed by atoms with Gasteiger partial charge >= 0.3 is 0 Å². The fourth-order valence-corrected chi connectivity index (χ4v) is 3.05. The van der Waals surface area contributed by atoms with Crippen LogP contribution in [0.2, 0.25) is 5.02 Å².